The van der Waals surface area contributed by atoms with Crippen LogP contribution >= 0.6 is 15.9 Å². The lowest BCUT2D eigenvalue weighted by atomic mass is 10.1. The zero-order valence-electron chi connectivity index (χ0n) is 7.78. The van der Waals surface area contributed by atoms with Crippen molar-refractivity contribution in [2.75, 3.05) is 0 Å². The second-order valence-corrected chi connectivity index (χ2v) is 3.98. The van der Waals surface area contributed by atoms with Crippen LogP contribution in [0.15, 0.2) is 16.7 Å². The summed E-state index contributed by atoms with van der Waals surface area (Å²) in [6.45, 7) is 0. The van der Waals surface area contributed by atoms with Crippen molar-refractivity contribution in [1.29, 1.82) is 0 Å². The molecule has 0 aliphatic carbocycles. The summed E-state index contributed by atoms with van der Waals surface area (Å²) in [5, 5.41) is 8.45. The average molecular weight is 277 g/mol. The minimum Gasteiger partial charge on any atom is -0.481 e. The number of nitrogens with zero attached hydrogens (tertiary/aromatic N) is 1. The fourth-order valence-corrected chi connectivity index (χ4v) is 1.42. The number of nitrogens with two attached hydrogens (primary N) is 1. The monoisotopic (exact) mass is 276 g/mol. The number of rotatable bonds is 4. The van der Waals surface area contributed by atoms with Gasteiger partial charge in [-0.2, -0.15) is 0 Å². The summed E-state index contributed by atoms with van der Waals surface area (Å²) in [6, 6.07) is 0.567. The maximum atomic E-state index is 13.3. The summed E-state index contributed by atoms with van der Waals surface area (Å²) in [6.07, 6.45) is 1.50. The van der Waals surface area contributed by atoms with Crippen molar-refractivity contribution in [2.45, 2.75) is 18.9 Å². The molecular formula is C9H10BrFN2O2. The van der Waals surface area contributed by atoms with Gasteiger partial charge in [0.05, 0.1) is 11.7 Å². The topological polar surface area (TPSA) is 76.2 Å². The number of hydrogen-bond acceptors (Lipinski definition) is 3. The molecule has 0 amide bonds. The smallest absolute Gasteiger partial charge is 0.303 e. The van der Waals surface area contributed by atoms with Crippen LogP contribution in [0.4, 0.5) is 4.39 Å². The summed E-state index contributed by atoms with van der Waals surface area (Å²) in [5.74, 6) is -1.48. The summed E-state index contributed by atoms with van der Waals surface area (Å²) >= 11 is 3.07. The van der Waals surface area contributed by atoms with Gasteiger partial charge in [-0.1, -0.05) is 0 Å². The Morgan fingerprint density at radius 3 is 2.93 bits per heavy atom. The molecule has 1 rings (SSSR count). The minimum atomic E-state index is -0.956. The van der Waals surface area contributed by atoms with Crippen LogP contribution in [-0.2, 0) is 4.79 Å². The molecule has 1 aromatic rings. The lowest BCUT2D eigenvalue weighted by Crippen LogP contribution is -2.15. The zero-order chi connectivity index (χ0) is 11.4. The highest BCUT2D eigenvalue weighted by Gasteiger charge is 2.14. The van der Waals surface area contributed by atoms with Crippen LogP contribution < -0.4 is 5.73 Å². The van der Waals surface area contributed by atoms with E-state index < -0.39 is 17.8 Å². The minimum absolute atomic E-state index is 0.0967. The molecule has 15 heavy (non-hydrogen) atoms. The number of pyridine rings is 1. The van der Waals surface area contributed by atoms with Crippen LogP contribution in [0, 0.1) is 5.82 Å². The van der Waals surface area contributed by atoms with Crippen molar-refractivity contribution in [2.24, 2.45) is 5.73 Å². The molecule has 3 N–H and O–H groups in total. The van der Waals surface area contributed by atoms with Crippen LogP contribution in [0.5, 0.6) is 0 Å². The van der Waals surface area contributed by atoms with E-state index in [2.05, 4.69) is 20.9 Å². The highest BCUT2D eigenvalue weighted by Crippen LogP contribution is 2.19. The maximum absolute atomic E-state index is 13.3. The number of halogens is 2. The average Bonchev–Trinajstić information content (AvgIpc) is 2.14. The largest absolute Gasteiger partial charge is 0.481 e. The maximum Gasteiger partial charge on any atom is 0.303 e. The van der Waals surface area contributed by atoms with Gasteiger partial charge in [0, 0.05) is 17.1 Å². The molecule has 0 radical (unpaired) electrons. The van der Waals surface area contributed by atoms with Gasteiger partial charge in [-0.3, -0.25) is 9.78 Å². The summed E-state index contributed by atoms with van der Waals surface area (Å²) < 4.78 is 13.8. The Bertz CT molecular complexity index is 373. The molecule has 0 spiro atoms. The number of carboxylic acids is 1. The Kier molecular flexibility index (Phi) is 4.16. The Labute approximate surface area is 94.4 Å². The van der Waals surface area contributed by atoms with E-state index in [1.807, 2.05) is 0 Å². The number of carbonyl (C=O) groups is 1. The fraction of sp³-hybridized carbons (Fsp3) is 0.333. The van der Waals surface area contributed by atoms with E-state index in [-0.39, 0.29) is 18.5 Å². The van der Waals surface area contributed by atoms with Crippen molar-refractivity contribution in [3.63, 3.8) is 0 Å². The number of aliphatic carboxylic acids is 1. The van der Waals surface area contributed by atoms with Crippen molar-refractivity contribution in [1.82, 2.24) is 4.98 Å². The van der Waals surface area contributed by atoms with Crippen LogP contribution in [0.2, 0.25) is 0 Å². The molecule has 0 saturated heterocycles. The standard InChI is InChI=1S/C9H10BrFN2O2/c10-5-3-6(11)9(13-4-5)7(12)1-2-8(14)15/h3-4,7H,1-2,12H2,(H,14,15)/t7-/m1/s1. The molecule has 0 saturated carbocycles. The molecule has 82 valence electrons. The number of carboxylic acid groups (broad SMARTS) is 1. The second-order valence-electron chi connectivity index (χ2n) is 3.06. The number of hydrogen-bond donors (Lipinski definition) is 2. The predicted molar refractivity (Wildman–Crippen MR) is 55.7 cm³/mol. The lowest BCUT2D eigenvalue weighted by Gasteiger charge is -2.10. The van der Waals surface area contributed by atoms with Crippen molar-refractivity contribution < 1.29 is 14.3 Å². The first-order valence-electron chi connectivity index (χ1n) is 4.29. The van der Waals surface area contributed by atoms with E-state index in [1.54, 1.807) is 0 Å². The molecule has 6 heteroatoms. The molecule has 4 nitrogen and oxygen atoms in total. The predicted octanol–water partition coefficient (Wildman–Crippen LogP) is 1.85. The van der Waals surface area contributed by atoms with Gasteiger partial charge < -0.3 is 10.8 Å². The highest BCUT2D eigenvalue weighted by atomic mass is 79.9. The van der Waals surface area contributed by atoms with E-state index in [9.17, 15) is 9.18 Å². The van der Waals surface area contributed by atoms with Gasteiger partial charge in [0.1, 0.15) is 5.82 Å². The molecule has 1 aromatic heterocycles. The van der Waals surface area contributed by atoms with Crippen LogP contribution in [0.3, 0.4) is 0 Å². The van der Waals surface area contributed by atoms with Crippen molar-refractivity contribution in [3.8, 4) is 0 Å². The van der Waals surface area contributed by atoms with Gasteiger partial charge >= 0.3 is 5.97 Å². The zero-order valence-corrected chi connectivity index (χ0v) is 9.37. The molecular weight excluding hydrogens is 267 g/mol. The van der Waals surface area contributed by atoms with E-state index in [0.717, 1.165) is 0 Å². The molecule has 0 aliphatic rings. The molecule has 0 aliphatic heterocycles. The fourth-order valence-electron chi connectivity index (χ4n) is 1.11. The van der Waals surface area contributed by atoms with Crippen LogP contribution in [0.25, 0.3) is 0 Å². The SMILES string of the molecule is N[C@H](CCC(=O)O)c1ncc(Br)cc1F. The van der Waals surface area contributed by atoms with E-state index in [4.69, 9.17) is 10.8 Å². The molecule has 0 unspecified atom stereocenters. The van der Waals surface area contributed by atoms with Gasteiger partial charge in [-0.15, -0.1) is 0 Å². The first-order chi connectivity index (χ1) is 7.00. The number of aromatic nitrogens is 1. The summed E-state index contributed by atoms with van der Waals surface area (Å²) in [7, 11) is 0. The van der Waals surface area contributed by atoms with Crippen LogP contribution in [-0.4, -0.2) is 16.1 Å². The lowest BCUT2D eigenvalue weighted by molar-refractivity contribution is -0.137. The quantitative estimate of drug-likeness (QED) is 0.880. The van der Waals surface area contributed by atoms with Gasteiger partial charge in [-0.25, -0.2) is 4.39 Å². The Morgan fingerprint density at radius 2 is 2.40 bits per heavy atom. The van der Waals surface area contributed by atoms with E-state index in [0.29, 0.717) is 4.47 Å². The molecule has 1 atom stereocenters. The van der Waals surface area contributed by atoms with E-state index >= 15 is 0 Å². The van der Waals surface area contributed by atoms with Gasteiger partial charge in [0.25, 0.3) is 0 Å². The van der Waals surface area contributed by atoms with Crippen LogP contribution in [0.1, 0.15) is 24.6 Å². The van der Waals surface area contributed by atoms with Gasteiger partial charge in [-0.05, 0) is 28.4 Å². The first kappa shape index (κ1) is 12.1. The normalized spacial score (nSPS) is 12.5. The Balaban J connectivity index is 2.73. The molecule has 0 fully saturated rings. The summed E-state index contributed by atoms with van der Waals surface area (Å²) in [5.41, 5.74) is 5.71. The van der Waals surface area contributed by atoms with Gasteiger partial charge in [0.15, 0.2) is 0 Å². The first-order valence-corrected chi connectivity index (χ1v) is 5.08. The highest BCUT2D eigenvalue weighted by molar-refractivity contribution is 9.10. The molecule has 0 aromatic carbocycles. The molecule has 1 heterocycles. The van der Waals surface area contributed by atoms with Crippen molar-refractivity contribution in [3.05, 3.63) is 28.2 Å². The third-order valence-corrected chi connectivity index (χ3v) is 2.29. The van der Waals surface area contributed by atoms with Gasteiger partial charge in [0.2, 0.25) is 0 Å². The third-order valence-electron chi connectivity index (χ3n) is 1.86. The Hall–Kier alpha value is -1.01. The van der Waals surface area contributed by atoms with E-state index in [1.165, 1.54) is 12.3 Å². The third kappa shape index (κ3) is 3.56. The summed E-state index contributed by atoms with van der Waals surface area (Å²) in [4.78, 5) is 14.1. The second kappa shape index (κ2) is 5.18. The molecule has 0 bridgehead atoms. The van der Waals surface area contributed by atoms with Crippen molar-refractivity contribution >= 4 is 21.9 Å². The Morgan fingerprint density at radius 1 is 1.73 bits per heavy atom.